The molecule has 0 aliphatic heterocycles. The van der Waals surface area contributed by atoms with Crippen LogP contribution in [0.1, 0.15) is 26.3 Å². The molecule has 0 heterocycles. The summed E-state index contributed by atoms with van der Waals surface area (Å²) in [5, 5.41) is 4.21. The summed E-state index contributed by atoms with van der Waals surface area (Å²) < 4.78 is 1.06. The van der Waals surface area contributed by atoms with Crippen LogP contribution in [0.15, 0.2) is 22.7 Å². The Morgan fingerprint density at radius 1 is 1.36 bits per heavy atom. The molecule has 78 valence electrons. The number of benzene rings is 1. The Labute approximate surface area is 99.0 Å². The van der Waals surface area contributed by atoms with Crippen molar-refractivity contribution in [2.45, 2.75) is 32.9 Å². The first-order valence-electron chi connectivity index (χ1n) is 4.57. The van der Waals surface area contributed by atoms with Crippen LogP contribution < -0.4 is 5.32 Å². The predicted octanol–water partition coefficient (Wildman–Crippen LogP) is 3.99. The van der Waals surface area contributed by atoms with Crippen LogP contribution in [-0.2, 0) is 6.54 Å². The van der Waals surface area contributed by atoms with Crippen LogP contribution in [0.2, 0.25) is 5.02 Å². The van der Waals surface area contributed by atoms with Crippen molar-refractivity contribution >= 4 is 27.5 Å². The number of hydrogen-bond donors (Lipinski definition) is 1. The lowest BCUT2D eigenvalue weighted by atomic mass is 10.1. The lowest BCUT2D eigenvalue weighted by molar-refractivity contribution is 0.424. The highest BCUT2D eigenvalue weighted by molar-refractivity contribution is 9.10. The van der Waals surface area contributed by atoms with Gasteiger partial charge in [0.05, 0.1) is 0 Å². The molecule has 0 saturated carbocycles. The van der Waals surface area contributed by atoms with E-state index < -0.39 is 0 Å². The van der Waals surface area contributed by atoms with Crippen LogP contribution in [0.5, 0.6) is 0 Å². The van der Waals surface area contributed by atoms with E-state index in [0.29, 0.717) is 0 Å². The number of rotatable bonds is 2. The van der Waals surface area contributed by atoms with Crippen LogP contribution in [0, 0.1) is 0 Å². The van der Waals surface area contributed by atoms with Crippen LogP contribution >= 0.6 is 27.5 Å². The second-order valence-electron chi connectivity index (χ2n) is 4.34. The van der Waals surface area contributed by atoms with Crippen LogP contribution in [0.4, 0.5) is 0 Å². The summed E-state index contributed by atoms with van der Waals surface area (Å²) >= 11 is 9.49. The average molecular weight is 277 g/mol. The van der Waals surface area contributed by atoms with Gasteiger partial charge in [0.1, 0.15) is 0 Å². The smallest absolute Gasteiger partial charge is 0.0451 e. The zero-order valence-corrected chi connectivity index (χ0v) is 11.0. The molecule has 0 aromatic heterocycles. The van der Waals surface area contributed by atoms with Crippen molar-refractivity contribution in [3.05, 3.63) is 33.3 Å². The molecule has 0 radical (unpaired) electrons. The van der Waals surface area contributed by atoms with Crippen molar-refractivity contribution in [3.8, 4) is 0 Å². The topological polar surface area (TPSA) is 12.0 Å². The molecule has 0 aliphatic carbocycles. The highest BCUT2D eigenvalue weighted by Gasteiger charge is 2.09. The number of halogens is 2. The van der Waals surface area contributed by atoms with Crippen molar-refractivity contribution < 1.29 is 0 Å². The molecule has 1 rings (SSSR count). The number of hydrogen-bond acceptors (Lipinski definition) is 1. The predicted molar refractivity (Wildman–Crippen MR) is 65.7 cm³/mol. The normalized spacial score (nSPS) is 11.8. The van der Waals surface area contributed by atoms with Gasteiger partial charge in [-0.25, -0.2) is 0 Å². The minimum atomic E-state index is 0.117. The van der Waals surface area contributed by atoms with Crippen molar-refractivity contribution in [2.24, 2.45) is 0 Å². The zero-order chi connectivity index (χ0) is 10.8. The molecule has 0 unspecified atom stereocenters. The lowest BCUT2D eigenvalue weighted by Gasteiger charge is -2.21. The van der Waals surface area contributed by atoms with Crippen LogP contribution in [0.3, 0.4) is 0 Å². The molecular weight excluding hydrogens is 261 g/mol. The Kier molecular flexibility index (Phi) is 3.99. The molecular formula is C11H15BrClN. The van der Waals surface area contributed by atoms with E-state index in [1.54, 1.807) is 0 Å². The lowest BCUT2D eigenvalue weighted by Crippen LogP contribution is -2.35. The van der Waals surface area contributed by atoms with Crippen molar-refractivity contribution in [1.29, 1.82) is 0 Å². The van der Waals surface area contributed by atoms with Gasteiger partial charge in [0.15, 0.2) is 0 Å². The quantitative estimate of drug-likeness (QED) is 0.861. The Balaban J connectivity index is 2.72. The summed E-state index contributed by atoms with van der Waals surface area (Å²) in [4.78, 5) is 0. The maximum atomic E-state index is 6.06. The molecule has 1 N–H and O–H groups in total. The van der Waals surface area contributed by atoms with Gasteiger partial charge in [-0.15, -0.1) is 0 Å². The minimum absolute atomic E-state index is 0.117. The third-order valence-corrected chi connectivity index (χ3v) is 2.68. The van der Waals surface area contributed by atoms with E-state index in [9.17, 15) is 0 Å². The van der Waals surface area contributed by atoms with E-state index in [1.165, 1.54) is 0 Å². The van der Waals surface area contributed by atoms with Gasteiger partial charge in [0.25, 0.3) is 0 Å². The van der Waals surface area contributed by atoms with E-state index in [0.717, 1.165) is 21.6 Å². The highest BCUT2D eigenvalue weighted by Crippen LogP contribution is 2.21. The van der Waals surface area contributed by atoms with E-state index in [4.69, 9.17) is 11.6 Å². The molecule has 1 aromatic rings. The molecule has 0 spiro atoms. The summed E-state index contributed by atoms with van der Waals surface area (Å²) in [7, 11) is 0. The Hall–Kier alpha value is -0.0500. The molecule has 1 nitrogen and oxygen atoms in total. The molecule has 0 aliphatic rings. The first-order chi connectivity index (χ1) is 6.38. The first-order valence-corrected chi connectivity index (χ1v) is 5.74. The third kappa shape index (κ3) is 3.99. The van der Waals surface area contributed by atoms with Gasteiger partial charge in [0, 0.05) is 21.6 Å². The summed E-state index contributed by atoms with van der Waals surface area (Å²) in [6.45, 7) is 7.21. The van der Waals surface area contributed by atoms with Crippen LogP contribution in [-0.4, -0.2) is 5.54 Å². The van der Waals surface area contributed by atoms with Gasteiger partial charge in [-0.3, -0.25) is 0 Å². The summed E-state index contributed by atoms with van der Waals surface area (Å²) in [5.74, 6) is 0. The highest BCUT2D eigenvalue weighted by atomic mass is 79.9. The van der Waals surface area contributed by atoms with E-state index >= 15 is 0 Å². The second-order valence-corrected chi connectivity index (χ2v) is 5.66. The Bertz CT molecular complexity index is 318. The van der Waals surface area contributed by atoms with Crippen LogP contribution in [0.25, 0.3) is 0 Å². The largest absolute Gasteiger partial charge is 0.308 e. The molecule has 0 atom stereocenters. The maximum Gasteiger partial charge on any atom is 0.0451 e. The summed E-state index contributed by atoms with van der Waals surface area (Å²) in [5.41, 5.74) is 1.24. The van der Waals surface area contributed by atoms with E-state index in [1.807, 2.05) is 18.2 Å². The second kappa shape index (κ2) is 4.65. The summed E-state index contributed by atoms with van der Waals surface area (Å²) in [6.07, 6.45) is 0. The van der Waals surface area contributed by atoms with Crippen molar-refractivity contribution in [3.63, 3.8) is 0 Å². The first kappa shape index (κ1) is 12.0. The fourth-order valence-corrected chi connectivity index (χ4v) is 1.63. The molecule has 0 bridgehead atoms. The van der Waals surface area contributed by atoms with Gasteiger partial charge < -0.3 is 5.32 Å². The Morgan fingerprint density at radius 2 is 2.00 bits per heavy atom. The minimum Gasteiger partial charge on any atom is -0.308 e. The summed E-state index contributed by atoms with van der Waals surface area (Å²) in [6, 6.07) is 5.90. The van der Waals surface area contributed by atoms with Gasteiger partial charge in [-0.2, -0.15) is 0 Å². The van der Waals surface area contributed by atoms with E-state index in [-0.39, 0.29) is 5.54 Å². The van der Waals surface area contributed by atoms with Gasteiger partial charge in [-0.05, 0) is 44.5 Å². The molecule has 0 fully saturated rings. The van der Waals surface area contributed by atoms with Crippen molar-refractivity contribution in [2.75, 3.05) is 0 Å². The molecule has 0 amide bonds. The molecule has 1 aromatic carbocycles. The van der Waals surface area contributed by atoms with E-state index in [2.05, 4.69) is 42.0 Å². The van der Waals surface area contributed by atoms with Gasteiger partial charge in [-0.1, -0.05) is 27.5 Å². The average Bonchev–Trinajstić information content (AvgIpc) is 2.05. The maximum absolute atomic E-state index is 6.06. The van der Waals surface area contributed by atoms with Crippen molar-refractivity contribution in [1.82, 2.24) is 5.32 Å². The number of nitrogens with one attached hydrogen (secondary N) is 1. The SMILES string of the molecule is CC(C)(C)NCc1cc(Br)ccc1Cl. The molecule has 0 saturated heterocycles. The molecule has 3 heteroatoms. The third-order valence-electron chi connectivity index (χ3n) is 1.82. The Morgan fingerprint density at radius 3 is 2.57 bits per heavy atom. The fraction of sp³-hybridized carbons (Fsp3) is 0.455. The molecule has 14 heavy (non-hydrogen) atoms. The van der Waals surface area contributed by atoms with Gasteiger partial charge in [0.2, 0.25) is 0 Å². The monoisotopic (exact) mass is 275 g/mol. The van der Waals surface area contributed by atoms with Gasteiger partial charge >= 0.3 is 0 Å². The zero-order valence-electron chi connectivity index (χ0n) is 8.70. The standard InChI is InChI=1S/C11H15BrClN/c1-11(2,3)14-7-8-6-9(12)4-5-10(8)13/h4-6,14H,7H2,1-3H3. The fourth-order valence-electron chi connectivity index (χ4n) is 1.04.